The highest BCUT2D eigenvalue weighted by molar-refractivity contribution is 6.30. The molecule has 0 atom stereocenters. The van der Waals surface area contributed by atoms with Crippen LogP contribution in [0.2, 0.25) is 5.02 Å². The monoisotopic (exact) mass is 362 g/mol. The van der Waals surface area contributed by atoms with Crippen LogP contribution in [0.15, 0.2) is 66.9 Å². The first kappa shape index (κ1) is 17.5. The van der Waals surface area contributed by atoms with E-state index >= 15 is 0 Å². The van der Waals surface area contributed by atoms with Crippen molar-refractivity contribution in [2.45, 2.75) is 6.54 Å². The molecule has 0 aliphatic heterocycles. The minimum Gasteiger partial charge on any atom is -0.348 e. The lowest BCUT2D eigenvalue weighted by atomic mass is 10.2. The molecule has 0 saturated carbocycles. The maximum Gasteiger partial charge on any atom is 0.251 e. The second kappa shape index (κ2) is 8.15. The van der Waals surface area contributed by atoms with Crippen LogP contribution in [0.5, 0.6) is 0 Å². The maximum absolute atomic E-state index is 12.4. The normalized spacial score (nSPS) is 10.0. The van der Waals surface area contributed by atoms with Crippen LogP contribution in [0.1, 0.15) is 21.5 Å². The van der Waals surface area contributed by atoms with Gasteiger partial charge in [0.1, 0.15) is 5.82 Å². The smallest absolute Gasteiger partial charge is 0.251 e. The van der Waals surface area contributed by atoms with Crippen LogP contribution in [-0.2, 0) is 6.54 Å². The molecule has 1 amide bonds. The summed E-state index contributed by atoms with van der Waals surface area (Å²) in [5.74, 6) is 0.329. The van der Waals surface area contributed by atoms with Gasteiger partial charge >= 0.3 is 0 Å². The first-order chi connectivity index (χ1) is 12.6. The zero-order valence-electron chi connectivity index (χ0n) is 13.7. The lowest BCUT2D eigenvalue weighted by Gasteiger charge is -2.09. The molecule has 0 spiro atoms. The lowest BCUT2D eigenvalue weighted by Crippen LogP contribution is -2.22. The molecular formula is C20H15ClN4O. The van der Waals surface area contributed by atoms with Crippen molar-refractivity contribution in [3.05, 3.63) is 88.6 Å². The van der Waals surface area contributed by atoms with Crippen molar-refractivity contribution in [1.29, 1.82) is 5.26 Å². The summed E-state index contributed by atoms with van der Waals surface area (Å²) in [6.07, 6.45) is 1.56. The van der Waals surface area contributed by atoms with E-state index in [9.17, 15) is 4.79 Å². The van der Waals surface area contributed by atoms with Crippen LogP contribution < -0.4 is 10.6 Å². The highest BCUT2D eigenvalue weighted by Crippen LogP contribution is 2.17. The van der Waals surface area contributed by atoms with Crippen LogP contribution in [0.4, 0.5) is 11.5 Å². The summed E-state index contributed by atoms with van der Waals surface area (Å²) in [5, 5.41) is 15.6. The number of hydrogen-bond acceptors (Lipinski definition) is 4. The van der Waals surface area contributed by atoms with Crippen molar-refractivity contribution >= 4 is 29.0 Å². The van der Waals surface area contributed by atoms with E-state index in [2.05, 4.69) is 21.7 Å². The molecule has 3 rings (SSSR count). The lowest BCUT2D eigenvalue weighted by molar-refractivity contribution is 0.0951. The number of amides is 1. The van der Waals surface area contributed by atoms with Gasteiger partial charge in [-0.2, -0.15) is 5.26 Å². The number of halogens is 1. The average molecular weight is 363 g/mol. The summed E-state index contributed by atoms with van der Waals surface area (Å²) in [4.78, 5) is 16.6. The fraction of sp³-hybridized carbons (Fsp3) is 0.0500. The minimum absolute atomic E-state index is 0.198. The third-order valence-electron chi connectivity index (χ3n) is 3.65. The number of aromatic nitrogens is 1. The first-order valence-corrected chi connectivity index (χ1v) is 8.28. The van der Waals surface area contributed by atoms with E-state index in [4.69, 9.17) is 16.9 Å². The highest BCUT2D eigenvalue weighted by atomic mass is 35.5. The van der Waals surface area contributed by atoms with E-state index in [1.165, 1.54) is 0 Å². The maximum atomic E-state index is 12.4. The Labute approximate surface area is 156 Å². The van der Waals surface area contributed by atoms with Crippen LogP contribution in [0, 0.1) is 11.3 Å². The van der Waals surface area contributed by atoms with Gasteiger partial charge in [0.15, 0.2) is 0 Å². The molecule has 0 radical (unpaired) electrons. The predicted octanol–water partition coefficient (Wildman–Crippen LogP) is 4.28. The predicted molar refractivity (Wildman–Crippen MR) is 101 cm³/mol. The number of nitriles is 1. The summed E-state index contributed by atoms with van der Waals surface area (Å²) in [6.45, 7) is 0.408. The number of rotatable bonds is 5. The number of pyridine rings is 1. The molecule has 26 heavy (non-hydrogen) atoms. The number of carbonyl (C=O) groups excluding carboxylic acids is 1. The molecule has 3 aromatic rings. The van der Waals surface area contributed by atoms with Gasteiger partial charge in [-0.15, -0.1) is 0 Å². The topological polar surface area (TPSA) is 77.8 Å². The van der Waals surface area contributed by atoms with E-state index in [-0.39, 0.29) is 5.91 Å². The molecule has 5 nitrogen and oxygen atoms in total. The van der Waals surface area contributed by atoms with Gasteiger partial charge in [-0.1, -0.05) is 29.8 Å². The second-order valence-electron chi connectivity index (χ2n) is 5.56. The summed E-state index contributed by atoms with van der Waals surface area (Å²) in [7, 11) is 0. The Morgan fingerprint density at radius 2 is 1.92 bits per heavy atom. The Morgan fingerprint density at radius 3 is 2.69 bits per heavy atom. The van der Waals surface area contributed by atoms with E-state index < -0.39 is 0 Å². The Kier molecular flexibility index (Phi) is 5.47. The summed E-state index contributed by atoms with van der Waals surface area (Å²) in [6, 6.07) is 19.7. The van der Waals surface area contributed by atoms with Gasteiger partial charge < -0.3 is 10.6 Å². The molecule has 2 aromatic carbocycles. The van der Waals surface area contributed by atoms with Crippen LogP contribution in [0.25, 0.3) is 0 Å². The number of benzene rings is 2. The third-order valence-corrected chi connectivity index (χ3v) is 3.90. The van der Waals surface area contributed by atoms with Gasteiger partial charge in [0, 0.05) is 29.0 Å². The first-order valence-electron chi connectivity index (χ1n) is 7.90. The Morgan fingerprint density at radius 1 is 1.12 bits per heavy atom. The highest BCUT2D eigenvalue weighted by Gasteiger charge is 2.07. The molecule has 128 valence electrons. The van der Waals surface area contributed by atoms with E-state index in [1.54, 1.807) is 48.7 Å². The molecule has 1 heterocycles. The molecule has 0 aliphatic rings. The molecule has 6 heteroatoms. The number of carbonyl (C=O) groups is 1. The van der Waals surface area contributed by atoms with Crippen molar-refractivity contribution in [3.8, 4) is 6.07 Å². The van der Waals surface area contributed by atoms with E-state index in [0.29, 0.717) is 28.5 Å². The van der Waals surface area contributed by atoms with Crippen molar-refractivity contribution < 1.29 is 4.79 Å². The SMILES string of the molecule is N#Cc1cccc(Nc2cc(C(=O)NCc3ccc(Cl)cc3)ccn2)c1. The zero-order chi connectivity index (χ0) is 18.4. The summed E-state index contributed by atoms with van der Waals surface area (Å²) < 4.78 is 0. The number of nitrogens with zero attached hydrogens (tertiary/aromatic N) is 2. The zero-order valence-corrected chi connectivity index (χ0v) is 14.5. The molecule has 0 fully saturated rings. The molecular weight excluding hydrogens is 348 g/mol. The molecule has 0 aliphatic carbocycles. The van der Waals surface area contributed by atoms with Crippen molar-refractivity contribution in [3.63, 3.8) is 0 Å². The van der Waals surface area contributed by atoms with E-state index in [0.717, 1.165) is 11.3 Å². The summed E-state index contributed by atoms with van der Waals surface area (Å²) >= 11 is 5.85. The van der Waals surface area contributed by atoms with Crippen molar-refractivity contribution in [2.24, 2.45) is 0 Å². The van der Waals surface area contributed by atoms with Gasteiger partial charge in [0.05, 0.1) is 11.6 Å². The van der Waals surface area contributed by atoms with Gasteiger partial charge in [0.25, 0.3) is 5.91 Å². The van der Waals surface area contributed by atoms with Crippen LogP contribution in [0.3, 0.4) is 0 Å². The summed E-state index contributed by atoms with van der Waals surface area (Å²) in [5.41, 5.74) is 2.73. The largest absolute Gasteiger partial charge is 0.348 e. The van der Waals surface area contributed by atoms with Crippen LogP contribution >= 0.6 is 11.6 Å². The number of anilines is 2. The Bertz CT molecular complexity index is 964. The molecule has 0 bridgehead atoms. The standard InChI is InChI=1S/C20H15ClN4O/c21-17-6-4-14(5-7-17)13-24-20(26)16-8-9-23-19(11-16)25-18-3-1-2-15(10-18)12-22/h1-11H,13H2,(H,23,25)(H,24,26). The molecule has 0 unspecified atom stereocenters. The quantitative estimate of drug-likeness (QED) is 0.710. The molecule has 0 saturated heterocycles. The number of hydrogen-bond donors (Lipinski definition) is 2. The second-order valence-corrected chi connectivity index (χ2v) is 5.99. The van der Waals surface area contributed by atoms with Crippen LogP contribution in [-0.4, -0.2) is 10.9 Å². The Hall–Kier alpha value is -3.36. The van der Waals surface area contributed by atoms with Crippen molar-refractivity contribution in [1.82, 2.24) is 10.3 Å². The molecule has 2 N–H and O–H groups in total. The average Bonchev–Trinajstić information content (AvgIpc) is 2.67. The van der Waals surface area contributed by atoms with Gasteiger partial charge in [0.2, 0.25) is 0 Å². The Balaban J connectivity index is 1.67. The van der Waals surface area contributed by atoms with Gasteiger partial charge in [-0.05, 0) is 48.0 Å². The van der Waals surface area contributed by atoms with Gasteiger partial charge in [-0.3, -0.25) is 4.79 Å². The third kappa shape index (κ3) is 4.59. The molecule has 1 aromatic heterocycles. The van der Waals surface area contributed by atoms with Gasteiger partial charge in [-0.25, -0.2) is 4.98 Å². The number of nitrogens with one attached hydrogen (secondary N) is 2. The fourth-order valence-electron chi connectivity index (χ4n) is 2.34. The van der Waals surface area contributed by atoms with Crippen molar-refractivity contribution in [2.75, 3.05) is 5.32 Å². The minimum atomic E-state index is -0.198. The van der Waals surface area contributed by atoms with E-state index in [1.807, 2.05) is 18.2 Å². The fourth-order valence-corrected chi connectivity index (χ4v) is 2.47.